The molecule has 1 unspecified atom stereocenters. The number of carbonyl (C=O) groups is 1. The number of halogens is 3. The van der Waals surface area contributed by atoms with Crippen molar-refractivity contribution in [2.75, 3.05) is 0 Å². The van der Waals surface area contributed by atoms with E-state index in [0.29, 0.717) is 0 Å². The van der Waals surface area contributed by atoms with Gasteiger partial charge < -0.3 is 5.11 Å². The van der Waals surface area contributed by atoms with Crippen molar-refractivity contribution in [1.29, 1.82) is 0 Å². The van der Waals surface area contributed by atoms with Crippen molar-refractivity contribution in [3.63, 3.8) is 0 Å². The monoisotopic (exact) mass is 260 g/mol. The second-order valence-corrected chi connectivity index (χ2v) is 5.22. The highest BCUT2D eigenvalue weighted by molar-refractivity contribution is 5.77. The van der Waals surface area contributed by atoms with Crippen LogP contribution < -0.4 is 0 Å². The van der Waals surface area contributed by atoms with Crippen LogP contribution in [0.4, 0.5) is 13.2 Å². The largest absolute Gasteiger partial charge is 0.481 e. The van der Waals surface area contributed by atoms with E-state index in [4.69, 9.17) is 0 Å². The van der Waals surface area contributed by atoms with Crippen LogP contribution in [-0.4, -0.2) is 11.1 Å². The topological polar surface area (TPSA) is 37.3 Å². The summed E-state index contributed by atoms with van der Waals surface area (Å²) in [6.07, 6.45) is -4.55. The molecule has 0 saturated carbocycles. The van der Waals surface area contributed by atoms with Gasteiger partial charge in [-0.3, -0.25) is 4.79 Å². The van der Waals surface area contributed by atoms with Gasteiger partial charge >= 0.3 is 12.1 Å². The first-order valence-electron chi connectivity index (χ1n) is 5.44. The second-order valence-electron chi connectivity index (χ2n) is 5.22. The summed E-state index contributed by atoms with van der Waals surface area (Å²) in [4.78, 5) is 11.3. The fourth-order valence-corrected chi connectivity index (χ4v) is 1.98. The first-order chi connectivity index (χ1) is 8.05. The SMILES string of the molecule is CC(C)(C)C(C(=O)O)c1ccccc1C(F)(F)F. The van der Waals surface area contributed by atoms with E-state index in [2.05, 4.69) is 0 Å². The molecule has 0 aliphatic rings. The quantitative estimate of drug-likeness (QED) is 0.875. The summed E-state index contributed by atoms with van der Waals surface area (Å²) >= 11 is 0. The van der Waals surface area contributed by atoms with Gasteiger partial charge in [-0.1, -0.05) is 39.0 Å². The molecule has 0 aromatic heterocycles. The minimum atomic E-state index is -4.55. The summed E-state index contributed by atoms with van der Waals surface area (Å²) in [5.41, 5.74) is -1.87. The molecular formula is C13H15F3O2. The third-order valence-electron chi connectivity index (χ3n) is 2.69. The van der Waals surface area contributed by atoms with E-state index in [1.165, 1.54) is 18.2 Å². The molecule has 1 aromatic carbocycles. The third kappa shape index (κ3) is 3.03. The molecule has 2 nitrogen and oxygen atoms in total. The highest BCUT2D eigenvalue weighted by Gasteiger charge is 2.40. The molecule has 18 heavy (non-hydrogen) atoms. The molecule has 0 spiro atoms. The van der Waals surface area contributed by atoms with Crippen LogP contribution in [0.5, 0.6) is 0 Å². The molecule has 1 N–H and O–H groups in total. The summed E-state index contributed by atoms with van der Waals surface area (Å²) < 4.78 is 38.6. The summed E-state index contributed by atoms with van der Waals surface area (Å²) in [7, 11) is 0. The first kappa shape index (κ1) is 14.5. The number of carboxylic acid groups (broad SMARTS) is 1. The van der Waals surface area contributed by atoms with Gasteiger partial charge in [0.2, 0.25) is 0 Å². The van der Waals surface area contributed by atoms with Crippen molar-refractivity contribution in [1.82, 2.24) is 0 Å². The van der Waals surface area contributed by atoms with Crippen molar-refractivity contribution in [2.24, 2.45) is 5.41 Å². The van der Waals surface area contributed by atoms with Crippen LogP contribution >= 0.6 is 0 Å². The van der Waals surface area contributed by atoms with E-state index >= 15 is 0 Å². The van der Waals surface area contributed by atoms with Crippen LogP contribution in [0.25, 0.3) is 0 Å². The molecule has 0 aliphatic heterocycles. The zero-order chi connectivity index (χ0) is 14.1. The molecule has 0 bridgehead atoms. The molecule has 1 rings (SSSR count). The zero-order valence-electron chi connectivity index (χ0n) is 10.4. The Balaban J connectivity index is 3.44. The Kier molecular flexibility index (Phi) is 3.74. The highest BCUT2D eigenvalue weighted by Crippen LogP contribution is 2.41. The summed E-state index contributed by atoms with van der Waals surface area (Å²) in [5, 5.41) is 9.19. The first-order valence-corrected chi connectivity index (χ1v) is 5.44. The molecule has 5 heteroatoms. The lowest BCUT2D eigenvalue weighted by Crippen LogP contribution is -2.28. The van der Waals surface area contributed by atoms with E-state index in [-0.39, 0.29) is 5.56 Å². The maximum Gasteiger partial charge on any atom is 0.416 e. The van der Waals surface area contributed by atoms with Gasteiger partial charge in [0.15, 0.2) is 0 Å². The van der Waals surface area contributed by atoms with E-state index in [9.17, 15) is 23.1 Å². The molecule has 1 aromatic rings. The van der Waals surface area contributed by atoms with Crippen LogP contribution in [-0.2, 0) is 11.0 Å². The average molecular weight is 260 g/mol. The second kappa shape index (κ2) is 4.63. The smallest absolute Gasteiger partial charge is 0.416 e. The fourth-order valence-electron chi connectivity index (χ4n) is 1.98. The number of alkyl halides is 3. The van der Waals surface area contributed by atoms with Gasteiger partial charge in [-0.2, -0.15) is 13.2 Å². The Hall–Kier alpha value is -1.52. The lowest BCUT2D eigenvalue weighted by Gasteiger charge is -2.29. The molecular weight excluding hydrogens is 245 g/mol. The number of benzene rings is 1. The van der Waals surface area contributed by atoms with Gasteiger partial charge in [0.05, 0.1) is 11.5 Å². The molecule has 0 amide bonds. The van der Waals surface area contributed by atoms with Gasteiger partial charge in [-0.25, -0.2) is 0 Å². The molecule has 0 radical (unpaired) electrons. The fraction of sp³-hybridized carbons (Fsp3) is 0.462. The Labute approximate surface area is 103 Å². The Morgan fingerprint density at radius 1 is 1.17 bits per heavy atom. The van der Waals surface area contributed by atoms with Crippen molar-refractivity contribution < 1.29 is 23.1 Å². The molecule has 1 atom stereocenters. The summed E-state index contributed by atoms with van der Waals surface area (Å²) in [6.45, 7) is 4.83. The highest BCUT2D eigenvalue weighted by atomic mass is 19.4. The minimum absolute atomic E-state index is 0.190. The normalized spacial score (nSPS) is 14.3. The average Bonchev–Trinajstić information content (AvgIpc) is 2.13. The number of rotatable bonds is 2. The number of aliphatic carboxylic acids is 1. The van der Waals surface area contributed by atoms with E-state index in [0.717, 1.165) is 6.07 Å². The molecule has 0 aliphatic carbocycles. The third-order valence-corrected chi connectivity index (χ3v) is 2.69. The predicted molar refractivity (Wildman–Crippen MR) is 61.3 cm³/mol. The molecule has 0 heterocycles. The molecule has 0 fully saturated rings. The van der Waals surface area contributed by atoms with Crippen LogP contribution in [0, 0.1) is 5.41 Å². The van der Waals surface area contributed by atoms with Crippen molar-refractivity contribution in [3.05, 3.63) is 35.4 Å². The standard InChI is InChI=1S/C13H15F3O2/c1-12(2,3)10(11(17)18)8-6-4-5-7-9(8)13(14,15)16/h4-7,10H,1-3H3,(H,17,18). The van der Waals surface area contributed by atoms with Gasteiger partial charge in [0.25, 0.3) is 0 Å². The number of hydrogen-bond acceptors (Lipinski definition) is 1. The van der Waals surface area contributed by atoms with Gasteiger partial charge in [0, 0.05) is 0 Å². The Morgan fingerprint density at radius 3 is 2.06 bits per heavy atom. The lowest BCUT2D eigenvalue weighted by atomic mass is 9.75. The van der Waals surface area contributed by atoms with Gasteiger partial charge in [-0.15, -0.1) is 0 Å². The van der Waals surface area contributed by atoms with Crippen molar-refractivity contribution in [2.45, 2.75) is 32.9 Å². The van der Waals surface area contributed by atoms with Gasteiger partial charge in [-0.05, 0) is 17.0 Å². The van der Waals surface area contributed by atoms with Crippen LogP contribution in [0.3, 0.4) is 0 Å². The van der Waals surface area contributed by atoms with Gasteiger partial charge in [0.1, 0.15) is 0 Å². The molecule has 0 saturated heterocycles. The zero-order valence-corrected chi connectivity index (χ0v) is 10.4. The predicted octanol–water partition coefficient (Wildman–Crippen LogP) is 3.92. The van der Waals surface area contributed by atoms with Crippen LogP contribution in [0.1, 0.15) is 37.8 Å². The molecule has 100 valence electrons. The van der Waals surface area contributed by atoms with E-state index < -0.39 is 29.0 Å². The Bertz CT molecular complexity index is 444. The number of carboxylic acids is 1. The maximum atomic E-state index is 12.9. The van der Waals surface area contributed by atoms with E-state index in [1.807, 2.05) is 0 Å². The van der Waals surface area contributed by atoms with E-state index in [1.54, 1.807) is 20.8 Å². The van der Waals surface area contributed by atoms with Crippen LogP contribution in [0.15, 0.2) is 24.3 Å². The summed E-state index contributed by atoms with van der Waals surface area (Å²) in [6, 6.07) is 4.82. The van der Waals surface area contributed by atoms with Crippen molar-refractivity contribution in [3.8, 4) is 0 Å². The lowest BCUT2D eigenvalue weighted by molar-refractivity contribution is -0.143. The van der Waals surface area contributed by atoms with Crippen LogP contribution in [0.2, 0.25) is 0 Å². The minimum Gasteiger partial charge on any atom is -0.481 e. The van der Waals surface area contributed by atoms with Crippen molar-refractivity contribution >= 4 is 5.97 Å². The maximum absolute atomic E-state index is 12.9. The summed E-state index contributed by atoms with van der Waals surface area (Å²) in [5.74, 6) is -2.45. The number of hydrogen-bond donors (Lipinski definition) is 1. The Morgan fingerprint density at radius 2 is 1.67 bits per heavy atom.